The zero-order valence-electron chi connectivity index (χ0n) is 15.1. The fourth-order valence-corrected chi connectivity index (χ4v) is 3.73. The van der Waals surface area contributed by atoms with Crippen molar-refractivity contribution in [1.29, 1.82) is 0 Å². The monoisotopic (exact) mass is 349 g/mol. The summed E-state index contributed by atoms with van der Waals surface area (Å²) in [6.45, 7) is 4.55. The molecule has 4 rings (SSSR count). The predicted octanol–water partition coefficient (Wildman–Crippen LogP) is 2.68. The standard InChI is InChI=1S/C21H27N5/c22-9-12-24-14-16-1-3-17(4-2-16)18-5-6-20-21(13-18)26(15-25-20)19-7-10-23-11-8-19/h1-6,13,15,19,23-24H,7-12,14,22H2. The summed E-state index contributed by atoms with van der Waals surface area (Å²) in [5.41, 5.74) is 11.6. The molecule has 0 radical (unpaired) electrons. The van der Waals surface area contributed by atoms with Crippen LogP contribution in [0.4, 0.5) is 0 Å². The molecular weight excluding hydrogens is 322 g/mol. The lowest BCUT2D eigenvalue weighted by molar-refractivity contribution is 0.375. The molecule has 1 saturated heterocycles. The van der Waals surface area contributed by atoms with Gasteiger partial charge in [-0.3, -0.25) is 0 Å². The highest BCUT2D eigenvalue weighted by Crippen LogP contribution is 2.28. The van der Waals surface area contributed by atoms with Gasteiger partial charge < -0.3 is 20.9 Å². The first-order valence-electron chi connectivity index (χ1n) is 9.52. The molecule has 2 heterocycles. The van der Waals surface area contributed by atoms with Crippen molar-refractivity contribution in [2.75, 3.05) is 26.2 Å². The molecule has 0 atom stereocenters. The normalized spacial score (nSPS) is 15.6. The molecule has 136 valence electrons. The van der Waals surface area contributed by atoms with Gasteiger partial charge in [0.15, 0.2) is 0 Å². The first kappa shape index (κ1) is 17.2. The summed E-state index contributed by atoms with van der Waals surface area (Å²) in [7, 11) is 0. The van der Waals surface area contributed by atoms with Crippen molar-refractivity contribution in [2.24, 2.45) is 5.73 Å². The molecule has 0 saturated carbocycles. The Morgan fingerprint density at radius 2 is 1.85 bits per heavy atom. The Morgan fingerprint density at radius 3 is 2.62 bits per heavy atom. The van der Waals surface area contributed by atoms with Gasteiger partial charge in [0.2, 0.25) is 0 Å². The van der Waals surface area contributed by atoms with Crippen LogP contribution in [-0.2, 0) is 6.54 Å². The molecule has 5 heteroatoms. The molecule has 1 aliphatic heterocycles. The minimum Gasteiger partial charge on any atom is -0.329 e. The minimum absolute atomic E-state index is 0.549. The van der Waals surface area contributed by atoms with Crippen LogP contribution in [0.15, 0.2) is 48.8 Å². The fraction of sp³-hybridized carbons (Fsp3) is 0.381. The van der Waals surface area contributed by atoms with E-state index in [1.807, 2.05) is 6.33 Å². The number of hydrogen-bond acceptors (Lipinski definition) is 4. The van der Waals surface area contributed by atoms with Gasteiger partial charge in [-0.25, -0.2) is 4.98 Å². The van der Waals surface area contributed by atoms with Crippen LogP contribution in [0.1, 0.15) is 24.4 Å². The number of nitrogens with zero attached hydrogens (tertiary/aromatic N) is 2. The second-order valence-electron chi connectivity index (χ2n) is 7.00. The maximum absolute atomic E-state index is 5.52. The number of hydrogen-bond donors (Lipinski definition) is 3. The van der Waals surface area contributed by atoms with E-state index in [0.717, 1.165) is 31.7 Å². The summed E-state index contributed by atoms with van der Waals surface area (Å²) >= 11 is 0. The quantitative estimate of drug-likeness (QED) is 0.599. The lowest BCUT2D eigenvalue weighted by atomic mass is 10.0. The van der Waals surface area contributed by atoms with Gasteiger partial charge >= 0.3 is 0 Å². The van der Waals surface area contributed by atoms with Gasteiger partial charge in [-0.2, -0.15) is 0 Å². The van der Waals surface area contributed by atoms with E-state index in [4.69, 9.17) is 5.73 Å². The number of rotatable bonds is 6. The number of benzene rings is 2. The minimum atomic E-state index is 0.549. The van der Waals surface area contributed by atoms with E-state index in [1.54, 1.807) is 0 Å². The summed E-state index contributed by atoms with van der Waals surface area (Å²) in [5, 5.41) is 6.77. The number of imidazole rings is 1. The Kier molecular flexibility index (Phi) is 5.29. The second kappa shape index (κ2) is 7.99. The van der Waals surface area contributed by atoms with E-state index in [1.165, 1.54) is 35.0 Å². The fourth-order valence-electron chi connectivity index (χ4n) is 3.73. The average molecular weight is 349 g/mol. The number of fused-ring (bicyclic) bond motifs is 1. The van der Waals surface area contributed by atoms with E-state index in [2.05, 4.69) is 62.6 Å². The zero-order valence-corrected chi connectivity index (χ0v) is 15.1. The first-order valence-corrected chi connectivity index (χ1v) is 9.52. The third kappa shape index (κ3) is 3.65. The van der Waals surface area contributed by atoms with Crippen molar-refractivity contribution < 1.29 is 0 Å². The van der Waals surface area contributed by atoms with Gasteiger partial charge in [0.25, 0.3) is 0 Å². The van der Waals surface area contributed by atoms with Crippen LogP contribution in [0.3, 0.4) is 0 Å². The highest BCUT2D eigenvalue weighted by atomic mass is 15.1. The number of nitrogens with one attached hydrogen (secondary N) is 2. The summed E-state index contributed by atoms with van der Waals surface area (Å²) in [6, 6.07) is 15.9. The summed E-state index contributed by atoms with van der Waals surface area (Å²) in [4.78, 5) is 4.61. The van der Waals surface area contributed by atoms with Crippen molar-refractivity contribution in [3.8, 4) is 11.1 Å². The van der Waals surface area contributed by atoms with Gasteiger partial charge in [0, 0.05) is 25.7 Å². The Morgan fingerprint density at radius 1 is 1.08 bits per heavy atom. The third-order valence-electron chi connectivity index (χ3n) is 5.21. The zero-order chi connectivity index (χ0) is 17.8. The van der Waals surface area contributed by atoms with Crippen LogP contribution in [0.5, 0.6) is 0 Å². The maximum Gasteiger partial charge on any atom is 0.0960 e. The van der Waals surface area contributed by atoms with Crippen LogP contribution in [0.25, 0.3) is 22.2 Å². The van der Waals surface area contributed by atoms with E-state index in [0.29, 0.717) is 12.6 Å². The highest BCUT2D eigenvalue weighted by Gasteiger charge is 2.17. The molecule has 4 N–H and O–H groups in total. The van der Waals surface area contributed by atoms with Crippen molar-refractivity contribution in [1.82, 2.24) is 20.2 Å². The predicted molar refractivity (Wildman–Crippen MR) is 107 cm³/mol. The van der Waals surface area contributed by atoms with Crippen molar-refractivity contribution in [2.45, 2.75) is 25.4 Å². The first-order chi connectivity index (χ1) is 12.8. The molecule has 3 aromatic rings. The van der Waals surface area contributed by atoms with E-state index in [-0.39, 0.29) is 0 Å². The van der Waals surface area contributed by atoms with Gasteiger partial charge in [-0.1, -0.05) is 30.3 Å². The van der Waals surface area contributed by atoms with Gasteiger partial charge in [0.1, 0.15) is 0 Å². The van der Waals surface area contributed by atoms with Crippen LogP contribution in [-0.4, -0.2) is 35.7 Å². The molecule has 0 bridgehead atoms. The van der Waals surface area contributed by atoms with Gasteiger partial charge in [0.05, 0.1) is 17.4 Å². The number of nitrogens with two attached hydrogens (primary N) is 1. The summed E-state index contributed by atoms with van der Waals surface area (Å²) in [5.74, 6) is 0. The van der Waals surface area contributed by atoms with Crippen LogP contribution in [0, 0.1) is 0 Å². The molecule has 26 heavy (non-hydrogen) atoms. The lowest BCUT2D eigenvalue weighted by Crippen LogP contribution is -2.29. The van der Waals surface area contributed by atoms with E-state index in [9.17, 15) is 0 Å². The van der Waals surface area contributed by atoms with Crippen molar-refractivity contribution in [3.63, 3.8) is 0 Å². The Hall–Kier alpha value is -2.21. The summed E-state index contributed by atoms with van der Waals surface area (Å²) in [6.07, 6.45) is 4.34. The molecule has 0 amide bonds. The topological polar surface area (TPSA) is 67.9 Å². The Bertz CT molecular complexity index is 846. The number of piperidine rings is 1. The smallest absolute Gasteiger partial charge is 0.0960 e. The molecule has 1 aromatic heterocycles. The second-order valence-corrected chi connectivity index (χ2v) is 7.00. The molecule has 0 unspecified atom stereocenters. The average Bonchev–Trinajstić information content (AvgIpc) is 3.13. The lowest BCUT2D eigenvalue weighted by Gasteiger charge is -2.24. The third-order valence-corrected chi connectivity index (χ3v) is 5.21. The van der Waals surface area contributed by atoms with Crippen molar-refractivity contribution in [3.05, 3.63) is 54.4 Å². The molecule has 5 nitrogen and oxygen atoms in total. The SMILES string of the molecule is NCCNCc1ccc(-c2ccc3ncn(C4CCNCC4)c3c2)cc1. The molecule has 0 spiro atoms. The van der Waals surface area contributed by atoms with Crippen molar-refractivity contribution >= 4 is 11.0 Å². The highest BCUT2D eigenvalue weighted by molar-refractivity contribution is 5.82. The molecular formula is C21H27N5. The molecule has 1 aliphatic rings. The molecule has 1 fully saturated rings. The maximum atomic E-state index is 5.52. The Labute approximate surface area is 154 Å². The van der Waals surface area contributed by atoms with Crippen LogP contribution < -0.4 is 16.4 Å². The van der Waals surface area contributed by atoms with Crippen LogP contribution >= 0.6 is 0 Å². The molecule has 0 aliphatic carbocycles. The van der Waals surface area contributed by atoms with E-state index >= 15 is 0 Å². The van der Waals surface area contributed by atoms with Gasteiger partial charge in [-0.05, 0) is 54.8 Å². The molecule has 2 aromatic carbocycles. The largest absolute Gasteiger partial charge is 0.329 e. The van der Waals surface area contributed by atoms with Gasteiger partial charge in [-0.15, -0.1) is 0 Å². The Balaban J connectivity index is 1.58. The van der Waals surface area contributed by atoms with E-state index < -0.39 is 0 Å². The van der Waals surface area contributed by atoms with Crippen LogP contribution in [0.2, 0.25) is 0 Å². The summed E-state index contributed by atoms with van der Waals surface area (Å²) < 4.78 is 2.37. The number of aromatic nitrogens is 2.